The van der Waals surface area contributed by atoms with Crippen LogP contribution in [-0.4, -0.2) is 23.8 Å². The normalized spacial score (nSPS) is 11.4. The molecule has 2 rings (SSSR count). The first kappa shape index (κ1) is 18.8. The average Bonchev–Trinajstić information content (AvgIpc) is 2.64. The summed E-state index contributed by atoms with van der Waals surface area (Å²) in [5.41, 5.74) is 5.31. The molecule has 0 aliphatic heterocycles. The van der Waals surface area contributed by atoms with Crippen LogP contribution in [0.2, 0.25) is 0 Å². The van der Waals surface area contributed by atoms with Crippen molar-refractivity contribution >= 4 is 17.3 Å². The van der Waals surface area contributed by atoms with Gasteiger partial charge in [0.05, 0.1) is 0 Å². The average molecular weight is 335 g/mol. The van der Waals surface area contributed by atoms with Crippen LogP contribution < -0.4 is 0 Å². The molecule has 2 aromatic rings. The lowest BCUT2D eigenvalue weighted by molar-refractivity contribution is -0.113. The minimum absolute atomic E-state index is 0.111. The van der Waals surface area contributed by atoms with E-state index in [4.69, 9.17) is 0 Å². The van der Waals surface area contributed by atoms with Crippen molar-refractivity contribution in [2.45, 2.75) is 40.5 Å². The van der Waals surface area contributed by atoms with Crippen molar-refractivity contribution in [3.8, 4) is 0 Å². The Morgan fingerprint density at radius 2 is 1.52 bits per heavy atom. The number of rotatable bonds is 7. The lowest BCUT2D eigenvalue weighted by Crippen LogP contribution is -2.21. The highest BCUT2D eigenvalue weighted by molar-refractivity contribution is 6.45. The first-order valence-electron chi connectivity index (χ1n) is 8.74. The lowest BCUT2D eigenvalue weighted by atomic mass is 9.91. The standard InChI is InChI=1S/C22H25NO2/c1-5-17-12-15(3)13-18(6-2)21(17)22(25)20(24)14-23-16(4)19-10-8-7-9-11-19/h7-13H,5-6,14H2,1-4H3. The molecule has 0 amide bonds. The van der Waals surface area contributed by atoms with Gasteiger partial charge in [-0.15, -0.1) is 0 Å². The molecule has 0 heterocycles. The Morgan fingerprint density at radius 3 is 2.04 bits per heavy atom. The van der Waals surface area contributed by atoms with Crippen molar-refractivity contribution in [1.29, 1.82) is 0 Å². The maximum absolute atomic E-state index is 12.7. The number of ketones is 2. The summed E-state index contributed by atoms with van der Waals surface area (Å²) in [6, 6.07) is 13.7. The number of aliphatic imine (C=N–C) groups is 1. The third-order valence-corrected chi connectivity index (χ3v) is 4.34. The third kappa shape index (κ3) is 4.50. The van der Waals surface area contributed by atoms with Crippen LogP contribution >= 0.6 is 0 Å². The van der Waals surface area contributed by atoms with Crippen LogP contribution in [0.15, 0.2) is 47.5 Å². The molecule has 0 aromatic heterocycles. The zero-order chi connectivity index (χ0) is 18.4. The second-order valence-electron chi connectivity index (χ2n) is 6.19. The zero-order valence-corrected chi connectivity index (χ0v) is 15.4. The number of carbonyl (C=O) groups is 2. The molecule has 0 spiro atoms. The Hall–Kier alpha value is -2.55. The highest BCUT2D eigenvalue weighted by Gasteiger charge is 2.22. The van der Waals surface area contributed by atoms with E-state index in [-0.39, 0.29) is 6.54 Å². The van der Waals surface area contributed by atoms with Gasteiger partial charge in [-0.25, -0.2) is 0 Å². The van der Waals surface area contributed by atoms with Gasteiger partial charge < -0.3 is 0 Å². The number of hydrogen-bond donors (Lipinski definition) is 0. The number of benzene rings is 2. The van der Waals surface area contributed by atoms with Crippen LogP contribution in [-0.2, 0) is 17.6 Å². The van der Waals surface area contributed by atoms with Gasteiger partial charge in [0, 0.05) is 11.3 Å². The maximum atomic E-state index is 12.7. The predicted octanol–water partition coefficient (Wildman–Crippen LogP) is 4.38. The van der Waals surface area contributed by atoms with Crippen LogP contribution in [0, 0.1) is 6.92 Å². The molecule has 0 aliphatic carbocycles. The van der Waals surface area contributed by atoms with E-state index in [9.17, 15) is 9.59 Å². The summed E-state index contributed by atoms with van der Waals surface area (Å²) >= 11 is 0. The molecule has 130 valence electrons. The fourth-order valence-corrected chi connectivity index (χ4v) is 2.96. The van der Waals surface area contributed by atoms with Gasteiger partial charge in [0.15, 0.2) is 0 Å². The van der Waals surface area contributed by atoms with Crippen LogP contribution in [0.3, 0.4) is 0 Å². The molecule has 25 heavy (non-hydrogen) atoms. The Morgan fingerprint density at radius 1 is 0.960 bits per heavy atom. The van der Waals surface area contributed by atoms with Crippen LogP contribution in [0.1, 0.15) is 53.4 Å². The summed E-state index contributed by atoms with van der Waals surface area (Å²) in [5, 5.41) is 0. The van der Waals surface area contributed by atoms with Crippen molar-refractivity contribution in [3.05, 3.63) is 70.3 Å². The van der Waals surface area contributed by atoms with Crippen molar-refractivity contribution in [3.63, 3.8) is 0 Å². The predicted molar refractivity (Wildman–Crippen MR) is 103 cm³/mol. The van der Waals surface area contributed by atoms with E-state index in [0.717, 1.165) is 40.8 Å². The lowest BCUT2D eigenvalue weighted by Gasteiger charge is -2.13. The molecule has 0 fully saturated rings. The van der Waals surface area contributed by atoms with E-state index in [2.05, 4.69) is 4.99 Å². The van der Waals surface area contributed by atoms with Gasteiger partial charge in [0.1, 0.15) is 6.54 Å². The molecule has 2 aromatic carbocycles. The highest BCUT2D eigenvalue weighted by atomic mass is 16.2. The van der Waals surface area contributed by atoms with Gasteiger partial charge in [-0.1, -0.05) is 61.9 Å². The largest absolute Gasteiger partial charge is 0.288 e. The molecule has 0 N–H and O–H groups in total. The number of nitrogens with zero attached hydrogens (tertiary/aromatic N) is 1. The summed E-state index contributed by atoms with van der Waals surface area (Å²) in [6.07, 6.45) is 1.46. The highest BCUT2D eigenvalue weighted by Crippen LogP contribution is 2.20. The number of hydrogen-bond acceptors (Lipinski definition) is 3. The fraction of sp³-hybridized carbons (Fsp3) is 0.318. The van der Waals surface area contributed by atoms with Crippen molar-refractivity contribution < 1.29 is 9.59 Å². The molecular weight excluding hydrogens is 310 g/mol. The van der Waals surface area contributed by atoms with E-state index in [0.29, 0.717) is 5.56 Å². The third-order valence-electron chi connectivity index (χ3n) is 4.34. The van der Waals surface area contributed by atoms with E-state index in [1.54, 1.807) is 0 Å². The first-order chi connectivity index (χ1) is 12.0. The quantitative estimate of drug-likeness (QED) is 0.428. The molecule has 3 nitrogen and oxygen atoms in total. The van der Waals surface area contributed by atoms with E-state index < -0.39 is 11.6 Å². The summed E-state index contributed by atoms with van der Waals surface area (Å²) in [6.45, 7) is 7.77. The van der Waals surface area contributed by atoms with Gasteiger partial charge in [-0.05, 0) is 43.4 Å². The molecule has 0 saturated heterocycles. The fourth-order valence-electron chi connectivity index (χ4n) is 2.96. The molecule has 0 saturated carbocycles. The Labute approximate surface area is 149 Å². The van der Waals surface area contributed by atoms with Gasteiger partial charge in [0.2, 0.25) is 11.6 Å². The van der Waals surface area contributed by atoms with Crippen molar-refractivity contribution in [2.75, 3.05) is 6.54 Å². The van der Waals surface area contributed by atoms with Crippen molar-refractivity contribution in [2.24, 2.45) is 4.99 Å². The smallest absolute Gasteiger partial charge is 0.231 e. The molecule has 0 unspecified atom stereocenters. The molecule has 3 heteroatoms. The molecular formula is C22H25NO2. The van der Waals surface area contributed by atoms with Crippen LogP contribution in [0.5, 0.6) is 0 Å². The summed E-state index contributed by atoms with van der Waals surface area (Å²) in [5.74, 6) is -0.873. The van der Waals surface area contributed by atoms with E-state index in [1.807, 2.05) is 70.2 Å². The van der Waals surface area contributed by atoms with Gasteiger partial charge >= 0.3 is 0 Å². The molecule has 0 radical (unpaired) electrons. The number of aryl methyl sites for hydroxylation is 3. The summed E-state index contributed by atoms with van der Waals surface area (Å²) in [7, 11) is 0. The maximum Gasteiger partial charge on any atom is 0.231 e. The Kier molecular flexibility index (Phi) is 6.40. The topological polar surface area (TPSA) is 46.5 Å². The van der Waals surface area contributed by atoms with E-state index in [1.165, 1.54) is 0 Å². The SMILES string of the molecule is CCc1cc(C)cc(CC)c1C(=O)C(=O)CN=C(C)c1ccccc1. The first-order valence-corrected chi connectivity index (χ1v) is 8.74. The minimum Gasteiger partial charge on any atom is -0.288 e. The zero-order valence-electron chi connectivity index (χ0n) is 15.4. The minimum atomic E-state index is -0.455. The van der Waals surface area contributed by atoms with Crippen molar-refractivity contribution in [1.82, 2.24) is 0 Å². The second-order valence-corrected chi connectivity index (χ2v) is 6.19. The van der Waals surface area contributed by atoms with Gasteiger partial charge in [0.25, 0.3) is 0 Å². The molecule has 0 atom stereocenters. The monoisotopic (exact) mass is 335 g/mol. The molecule has 0 aliphatic rings. The number of Topliss-reactive ketones (excluding diaryl/α,β-unsaturated/α-hetero) is 2. The second kappa shape index (κ2) is 8.52. The van der Waals surface area contributed by atoms with Gasteiger partial charge in [-0.3, -0.25) is 14.6 Å². The Bertz CT molecular complexity index is 779. The summed E-state index contributed by atoms with van der Waals surface area (Å²) in [4.78, 5) is 29.5. The number of carbonyl (C=O) groups excluding carboxylic acids is 2. The Balaban J connectivity index is 2.25. The summed E-state index contributed by atoms with van der Waals surface area (Å²) < 4.78 is 0. The van der Waals surface area contributed by atoms with Crippen LogP contribution in [0.4, 0.5) is 0 Å². The van der Waals surface area contributed by atoms with Crippen LogP contribution in [0.25, 0.3) is 0 Å². The molecule has 0 bridgehead atoms. The van der Waals surface area contributed by atoms with Gasteiger partial charge in [-0.2, -0.15) is 0 Å². The van der Waals surface area contributed by atoms with E-state index >= 15 is 0 Å².